The molecule has 0 aliphatic carbocycles. The van der Waals surface area contributed by atoms with Crippen LogP contribution in [0.3, 0.4) is 0 Å². The molecule has 2 fully saturated rings. The number of nitrogens with one attached hydrogen (secondary N) is 1. The van der Waals surface area contributed by atoms with Gasteiger partial charge in [-0.25, -0.2) is 19.4 Å². The molecule has 4 heterocycles. The van der Waals surface area contributed by atoms with Crippen LogP contribution < -0.4 is 15.1 Å². The van der Waals surface area contributed by atoms with Gasteiger partial charge in [0, 0.05) is 69.3 Å². The number of aromatic nitrogens is 2. The molecule has 0 saturated carbocycles. The lowest BCUT2D eigenvalue weighted by Crippen LogP contribution is -2.51. The third-order valence-corrected chi connectivity index (χ3v) is 7.66. The van der Waals surface area contributed by atoms with Gasteiger partial charge in [-0.2, -0.15) is 4.98 Å². The van der Waals surface area contributed by atoms with Gasteiger partial charge < -0.3 is 29.9 Å². The van der Waals surface area contributed by atoms with Gasteiger partial charge in [-0.15, -0.1) is 0 Å². The highest BCUT2D eigenvalue weighted by Crippen LogP contribution is 2.33. The molecule has 0 bridgehead atoms. The minimum Gasteiger partial charge on any atom is -0.480 e. The number of carboxylic acid groups (broad SMARTS) is 1. The maximum atomic E-state index is 13.4. The SMILES string of the molecule is CN1CCN(c2ccc(Nc3ncc4c(n3)N(C)C(=O)N([C@H]3C[C@H](C(=O)O)N(C(=O)OC(C)(C)C)C3)C4)cc2)CC1. The number of benzene rings is 1. The standard InChI is InChI=1S/C28H38N8O5/c1-28(2,3)41-27(40)36-17-21(14-22(36)24(37)38)35-16-18-15-29-25(31-23(18)33(5)26(35)39)30-19-6-8-20(9-7-19)34-12-10-32(4)11-13-34/h6-9,15,21-22H,10-14,16-17H2,1-5H3,(H,37,38)(H,29,30,31)/t21-,22+/m0/s1. The summed E-state index contributed by atoms with van der Waals surface area (Å²) in [6.45, 7) is 9.49. The second-order valence-electron chi connectivity index (χ2n) is 11.9. The number of hydrogen-bond donors (Lipinski definition) is 2. The Bertz CT molecular complexity index is 1310. The summed E-state index contributed by atoms with van der Waals surface area (Å²) < 4.78 is 5.42. The van der Waals surface area contributed by atoms with Crippen LogP contribution in [0.4, 0.5) is 32.7 Å². The number of carboxylic acids is 1. The number of amides is 3. The van der Waals surface area contributed by atoms with E-state index < -0.39 is 29.7 Å². The molecule has 2 aromatic rings. The van der Waals surface area contributed by atoms with Gasteiger partial charge in [0.15, 0.2) is 0 Å². The Hall–Kier alpha value is -4.13. The van der Waals surface area contributed by atoms with Gasteiger partial charge in [0.25, 0.3) is 0 Å². The summed E-state index contributed by atoms with van der Waals surface area (Å²) in [6.07, 6.45) is 1.07. The third-order valence-electron chi connectivity index (χ3n) is 7.66. The summed E-state index contributed by atoms with van der Waals surface area (Å²) in [4.78, 5) is 56.1. The van der Waals surface area contributed by atoms with Gasteiger partial charge >= 0.3 is 18.1 Å². The topological polar surface area (TPSA) is 135 Å². The van der Waals surface area contributed by atoms with Crippen molar-refractivity contribution < 1.29 is 24.2 Å². The number of likely N-dealkylation sites (tertiary alicyclic amines) is 1. The lowest BCUT2D eigenvalue weighted by molar-refractivity contribution is -0.142. The second-order valence-corrected chi connectivity index (χ2v) is 11.9. The monoisotopic (exact) mass is 566 g/mol. The predicted molar refractivity (Wildman–Crippen MR) is 154 cm³/mol. The van der Waals surface area contributed by atoms with Gasteiger partial charge in [-0.3, -0.25) is 9.80 Å². The number of piperazine rings is 1. The summed E-state index contributed by atoms with van der Waals surface area (Å²) in [5.41, 5.74) is 1.96. The first-order chi connectivity index (χ1) is 19.4. The van der Waals surface area contributed by atoms with E-state index in [1.807, 2.05) is 12.1 Å². The fraction of sp³-hybridized carbons (Fsp3) is 0.536. The zero-order valence-corrected chi connectivity index (χ0v) is 24.2. The van der Waals surface area contributed by atoms with Crippen molar-refractivity contribution in [2.24, 2.45) is 0 Å². The number of rotatable bonds is 5. The number of fused-ring (bicyclic) bond motifs is 1. The van der Waals surface area contributed by atoms with E-state index in [9.17, 15) is 19.5 Å². The van der Waals surface area contributed by atoms with E-state index in [1.54, 1.807) is 38.9 Å². The molecule has 2 saturated heterocycles. The number of ether oxygens (including phenoxy) is 1. The van der Waals surface area contributed by atoms with E-state index in [0.29, 0.717) is 11.8 Å². The van der Waals surface area contributed by atoms with Crippen molar-refractivity contribution in [3.05, 3.63) is 36.0 Å². The zero-order chi connectivity index (χ0) is 29.5. The molecule has 220 valence electrons. The number of hydrogen-bond acceptors (Lipinski definition) is 9. The summed E-state index contributed by atoms with van der Waals surface area (Å²) in [7, 11) is 3.76. The molecule has 13 nitrogen and oxygen atoms in total. The number of carbonyl (C=O) groups is 3. The van der Waals surface area contributed by atoms with Crippen LogP contribution >= 0.6 is 0 Å². The predicted octanol–water partition coefficient (Wildman–Crippen LogP) is 2.81. The highest BCUT2D eigenvalue weighted by atomic mass is 16.6. The highest BCUT2D eigenvalue weighted by Gasteiger charge is 2.46. The van der Waals surface area contributed by atoms with Crippen LogP contribution in [0.2, 0.25) is 0 Å². The minimum atomic E-state index is -1.13. The van der Waals surface area contributed by atoms with Crippen molar-refractivity contribution in [3.8, 4) is 0 Å². The highest BCUT2D eigenvalue weighted by molar-refractivity contribution is 5.94. The molecule has 2 N–H and O–H groups in total. The molecule has 3 amide bonds. The van der Waals surface area contributed by atoms with Gasteiger partial charge in [-0.05, 0) is 52.1 Å². The Morgan fingerprint density at radius 1 is 1.07 bits per heavy atom. The zero-order valence-electron chi connectivity index (χ0n) is 24.2. The molecule has 2 atom stereocenters. The van der Waals surface area contributed by atoms with Crippen LogP contribution in [0.1, 0.15) is 32.8 Å². The molecule has 0 unspecified atom stereocenters. The molecule has 13 heteroatoms. The van der Waals surface area contributed by atoms with Crippen molar-refractivity contribution in [3.63, 3.8) is 0 Å². The summed E-state index contributed by atoms with van der Waals surface area (Å²) in [5, 5.41) is 13.0. The molecule has 41 heavy (non-hydrogen) atoms. The lowest BCUT2D eigenvalue weighted by Gasteiger charge is -2.37. The quantitative estimate of drug-likeness (QED) is 0.556. The molecular formula is C28H38N8O5. The van der Waals surface area contributed by atoms with Crippen LogP contribution in [0.15, 0.2) is 30.5 Å². The van der Waals surface area contributed by atoms with Crippen molar-refractivity contribution in [1.82, 2.24) is 24.7 Å². The number of likely N-dealkylation sites (N-methyl/N-ethyl adjacent to an activating group) is 1. The first-order valence-corrected chi connectivity index (χ1v) is 13.8. The Morgan fingerprint density at radius 2 is 1.76 bits per heavy atom. The normalized spacial score (nSPS) is 21.6. The molecular weight excluding hydrogens is 528 g/mol. The fourth-order valence-electron chi connectivity index (χ4n) is 5.43. The van der Waals surface area contributed by atoms with Gasteiger partial charge in [0.1, 0.15) is 17.5 Å². The fourth-order valence-corrected chi connectivity index (χ4v) is 5.43. The van der Waals surface area contributed by atoms with Crippen LogP contribution in [0.25, 0.3) is 0 Å². The van der Waals surface area contributed by atoms with Crippen LogP contribution in [0, 0.1) is 0 Å². The molecule has 1 aromatic heterocycles. The van der Waals surface area contributed by atoms with Crippen LogP contribution in [-0.2, 0) is 16.1 Å². The maximum absolute atomic E-state index is 13.4. The van der Waals surface area contributed by atoms with Gasteiger partial charge in [-0.1, -0.05) is 0 Å². The Kier molecular flexibility index (Phi) is 7.64. The van der Waals surface area contributed by atoms with Crippen molar-refractivity contribution in [2.45, 2.75) is 51.4 Å². The largest absolute Gasteiger partial charge is 0.480 e. The molecule has 3 aliphatic rings. The van der Waals surface area contributed by atoms with E-state index in [-0.39, 0.29) is 25.5 Å². The van der Waals surface area contributed by atoms with Gasteiger partial charge in [0.05, 0.1) is 12.6 Å². The lowest BCUT2D eigenvalue weighted by atomic mass is 10.1. The first-order valence-electron chi connectivity index (χ1n) is 13.8. The molecule has 0 spiro atoms. The minimum absolute atomic E-state index is 0.0609. The average molecular weight is 567 g/mol. The van der Waals surface area contributed by atoms with Gasteiger partial charge in [0.2, 0.25) is 5.95 Å². The number of urea groups is 1. The number of anilines is 4. The van der Waals surface area contributed by atoms with E-state index in [4.69, 9.17) is 4.74 Å². The van der Waals surface area contributed by atoms with E-state index in [0.717, 1.165) is 37.4 Å². The van der Waals surface area contributed by atoms with E-state index >= 15 is 0 Å². The number of carbonyl (C=O) groups excluding carboxylic acids is 2. The summed E-state index contributed by atoms with van der Waals surface area (Å²) in [5.74, 6) is -0.283. The van der Waals surface area contributed by atoms with Crippen LogP contribution in [0.5, 0.6) is 0 Å². The second kappa shape index (κ2) is 11.0. The van der Waals surface area contributed by atoms with Crippen molar-refractivity contribution in [1.29, 1.82) is 0 Å². The Labute approximate surface area is 239 Å². The molecule has 5 rings (SSSR count). The number of aliphatic carboxylic acids is 1. The van der Waals surface area contributed by atoms with E-state index in [2.05, 4.69) is 44.3 Å². The third kappa shape index (κ3) is 6.14. The van der Waals surface area contributed by atoms with Crippen molar-refractivity contribution >= 4 is 41.2 Å². The smallest absolute Gasteiger partial charge is 0.411 e. The Balaban J connectivity index is 1.27. The molecule has 0 radical (unpaired) electrons. The maximum Gasteiger partial charge on any atom is 0.411 e. The summed E-state index contributed by atoms with van der Waals surface area (Å²) in [6, 6.07) is 6.23. The average Bonchev–Trinajstić information content (AvgIpc) is 3.37. The molecule has 3 aliphatic heterocycles. The summed E-state index contributed by atoms with van der Waals surface area (Å²) >= 11 is 0. The van der Waals surface area contributed by atoms with E-state index in [1.165, 1.54) is 15.5 Å². The van der Waals surface area contributed by atoms with Crippen LogP contribution in [-0.4, -0.2) is 112 Å². The number of nitrogens with zero attached hydrogens (tertiary/aromatic N) is 7. The Morgan fingerprint density at radius 3 is 2.39 bits per heavy atom. The van der Waals surface area contributed by atoms with Crippen molar-refractivity contribution in [2.75, 3.05) is 61.9 Å². The molecule has 1 aromatic carbocycles. The first kappa shape index (κ1) is 28.4.